The van der Waals surface area contributed by atoms with E-state index in [4.69, 9.17) is 4.74 Å². The summed E-state index contributed by atoms with van der Waals surface area (Å²) in [5.41, 5.74) is -3.67. The number of nitrogens with zero attached hydrogens (tertiary/aromatic N) is 1. The first-order chi connectivity index (χ1) is 13.4. The van der Waals surface area contributed by atoms with E-state index < -0.39 is 39.9 Å². The van der Waals surface area contributed by atoms with Crippen LogP contribution in [-0.4, -0.2) is 31.1 Å². The average molecular weight is 437 g/mol. The van der Waals surface area contributed by atoms with Gasteiger partial charge in [-0.2, -0.15) is 17.8 Å². The van der Waals surface area contributed by atoms with Gasteiger partial charge in [-0.1, -0.05) is 12.8 Å². The van der Waals surface area contributed by atoms with Gasteiger partial charge < -0.3 is 9.72 Å². The van der Waals surface area contributed by atoms with E-state index in [1.165, 1.54) is 6.92 Å². The van der Waals surface area contributed by atoms with Crippen LogP contribution in [0.1, 0.15) is 49.8 Å². The predicted octanol–water partition coefficient (Wildman–Crippen LogP) is 3.57. The zero-order valence-corrected chi connectivity index (χ0v) is 16.6. The molecule has 29 heavy (non-hydrogen) atoms. The summed E-state index contributed by atoms with van der Waals surface area (Å²) in [6.07, 6.45) is -1.43. The highest BCUT2D eigenvalue weighted by Gasteiger charge is 2.36. The Bertz CT molecular complexity index is 1020. The maximum Gasteiger partial charge on any atom is 0.416 e. The number of benzene rings is 1. The topological polar surface area (TPSA) is 117 Å². The van der Waals surface area contributed by atoms with Crippen LogP contribution < -0.4 is 16.1 Å². The molecule has 1 saturated carbocycles. The van der Waals surface area contributed by atoms with E-state index in [1.807, 2.05) is 4.83 Å². The van der Waals surface area contributed by atoms with Crippen molar-refractivity contribution in [3.8, 4) is 0 Å². The number of ether oxygens (including phenoxy) is 1. The second-order valence-corrected chi connectivity index (χ2v) is 9.01. The smallest absolute Gasteiger partial charge is 0.371 e. The lowest BCUT2D eigenvalue weighted by Gasteiger charge is -2.28. The molecule has 1 fully saturated rings. The molecule has 1 heterocycles. The molecule has 0 amide bonds. The number of fused-ring (bicyclic) bond motifs is 1. The normalized spacial score (nSPS) is 17.6. The third-order valence-electron chi connectivity index (χ3n) is 4.77. The first-order valence-corrected chi connectivity index (χ1v) is 10.9. The van der Waals surface area contributed by atoms with Crippen molar-refractivity contribution in [1.82, 2.24) is 9.66 Å². The molecule has 1 aromatic carbocycles. The highest BCUT2D eigenvalue weighted by Crippen LogP contribution is 2.38. The lowest BCUT2D eigenvalue weighted by molar-refractivity contribution is -0.139. The fraction of sp³-hybridized carbons (Fsp3) is 0.529. The van der Waals surface area contributed by atoms with Crippen LogP contribution in [-0.2, 0) is 10.9 Å². The van der Waals surface area contributed by atoms with Gasteiger partial charge in [0.1, 0.15) is 0 Å². The minimum absolute atomic E-state index is 0.149. The summed E-state index contributed by atoms with van der Waals surface area (Å²) in [6, 6.07) is 1.74. The van der Waals surface area contributed by atoms with E-state index in [9.17, 15) is 31.9 Å². The fourth-order valence-corrected chi connectivity index (χ4v) is 4.02. The van der Waals surface area contributed by atoms with Gasteiger partial charge in [-0.25, -0.2) is 9.63 Å². The SMILES string of the molecule is CC(OC1CCCC1)c1cc2c(=O)n(NS(C)(O)O)c(=O)[nH]c2cc1C(F)(F)F. The van der Waals surface area contributed by atoms with Crippen LogP contribution in [0.2, 0.25) is 0 Å². The molecular weight excluding hydrogens is 415 g/mol. The van der Waals surface area contributed by atoms with Crippen LogP contribution in [0.25, 0.3) is 10.9 Å². The molecule has 1 aromatic heterocycles. The average Bonchev–Trinajstić information content (AvgIpc) is 3.09. The summed E-state index contributed by atoms with van der Waals surface area (Å²) >= 11 is 0. The van der Waals surface area contributed by atoms with Gasteiger partial charge in [-0.05, 0) is 37.5 Å². The van der Waals surface area contributed by atoms with Crippen LogP contribution in [0.15, 0.2) is 21.7 Å². The van der Waals surface area contributed by atoms with E-state index in [2.05, 4.69) is 4.98 Å². The molecule has 0 radical (unpaired) electrons. The molecule has 0 spiro atoms. The molecular formula is C17H22F3N3O5S. The number of hydrogen-bond donors (Lipinski definition) is 4. The molecule has 0 saturated heterocycles. The van der Waals surface area contributed by atoms with Crippen molar-refractivity contribution in [2.75, 3.05) is 11.1 Å². The number of rotatable bonds is 5. The zero-order chi connectivity index (χ0) is 21.6. The number of aromatic amines is 1. The predicted molar refractivity (Wildman–Crippen MR) is 104 cm³/mol. The number of hydrogen-bond acceptors (Lipinski definition) is 6. The number of aromatic nitrogens is 2. The van der Waals surface area contributed by atoms with Crippen molar-refractivity contribution < 1.29 is 27.0 Å². The van der Waals surface area contributed by atoms with Crippen LogP contribution in [0.5, 0.6) is 0 Å². The third kappa shape index (κ3) is 4.77. The Hall–Kier alpha value is -2.02. The summed E-state index contributed by atoms with van der Waals surface area (Å²) in [7, 11) is -3.48. The first-order valence-electron chi connectivity index (χ1n) is 8.93. The van der Waals surface area contributed by atoms with Gasteiger partial charge in [-0.15, -0.1) is 10.8 Å². The highest BCUT2D eigenvalue weighted by molar-refractivity contribution is 8.24. The molecule has 1 unspecified atom stereocenters. The van der Waals surface area contributed by atoms with Gasteiger partial charge in [-0.3, -0.25) is 13.9 Å². The van der Waals surface area contributed by atoms with E-state index in [0.29, 0.717) is 10.7 Å². The summed E-state index contributed by atoms with van der Waals surface area (Å²) in [6.45, 7) is 1.49. The maximum absolute atomic E-state index is 13.6. The van der Waals surface area contributed by atoms with E-state index >= 15 is 0 Å². The monoisotopic (exact) mass is 437 g/mol. The fourth-order valence-electron chi connectivity index (χ4n) is 3.50. The van der Waals surface area contributed by atoms with Gasteiger partial charge in [0.2, 0.25) is 0 Å². The van der Waals surface area contributed by atoms with Crippen LogP contribution in [0.4, 0.5) is 13.2 Å². The van der Waals surface area contributed by atoms with E-state index in [0.717, 1.165) is 38.0 Å². The maximum atomic E-state index is 13.6. The second-order valence-electron chi connectivity index (χ2n) is 7.16. The van der Waals surface area contributed by atoms with Crippen molar-refractivity contribution in [3.05, 3.63) is 44.1 Å². The molecule has 1 aliphatic carbocycles. The highest BCUT2D eigenvalue weighted by atomic mass is 32.3. The summed E-state index contributed by atoms with van der Waals surface area (Å²) in [5, 5.41) is -0.217. The third-order valence-corrected chi connectivity index (χ3v) is 5.30. The number of nitrogens with one attached hydrogen (secondary N) is 2. The van der Waals surface area contributed by atoms with E-state index in [1.54, 1.807) is 0 Å². The Morgan fingerprint density at radius 3 is 2.45 bits per heavy atom. The first kappa shape index (κ1) is 21.7. The Kier molecular flexibility index (Phi) is 5.73. The number of H-pyrrole nitrogens is 1. The summed E-state index contributed by atoms with van der Waals surface area (Å²) in [4.78, 5) is 28.9. The molecule has 12 heteroatoms. The Balaban J connectivity index is 2.17. The van der Waals surface area contributed by atoms with Gasteiger partial charge in [0.05, 0.1) is 28.7 Å². The molecule has 162 valence electrons. The van der Waals surface area contributed by atoms with E-state index in [-0.39, 0.29) is 22.6 Å². The van der Waals surface area contributed by atoms with Crippen LogP contribution in [0.3, 0.4) is 0 Å². The van der Waals surface area contributed by atoms with Crippen LogP contribution in [0, 0.1) is 0 Å². The Labute approximate surface area is 165 Å². The molecule has 1 atom stereocenters. The molecule has 0 aliphatic heterocycles. The summed E-state index contributed by atoms with van der Waals surface area (Å²) in [5.74, 6) is 0. The quantitative estimate of drug-likeness (QED) is 0.568. The lowest BCUT2D eigenvalue weighted by Crippen LogP contribution is -2.42. The molecule has 0 bridgehead atoms. The van der Waals surface area contributed by atoms with Crippen molar-refractivity contribution in [3.63, 3.8) is 0 Å². The van der Waals surface area contributed by atoms with Crippen molar-refractivity contribution in [2.24, 2.45) is 0 Å². The van der Waals surface area contributed by atoms with Crippen LogP contribution >= 0.6 is 10.8 Å². The van der Waals surface area contributed by atoms with Crippen molar-refractivity contribution in [1.29, 1.82) is 0 Å². The Morgan fingerprint density at radius 1 is 1.28 bits per heavy atom. The standard InChI is InChI=1S/C17H22F3N3O5S/c1-9(28-10-5-3-4-6-10)11-7-12-14(8-13(11)17(18,19)20)21-16(25)23(15(12)24)22-29(2,26)27/h7-10,22,26-27H,3-6H2,1-2H3,(H,21,25). The second kappa shape index (κ2) is 7.67. The Morgan fingerprint density at radius 2 is 1.90 bits per heavy atom. The molecule has 1 aliphatic rings. The van der Waals surface area contributed by atoms with Crippen molar-refractivity contribution >= 4 is 21.7 Å². The number of halogens is 3. The minimum atomic E-state index is -4.72. The van der Waals surface area contributed by atoms with Gasteiger partial charge in [0, 0.05) is 6.26 Å². The molecule has 8 nitrogen and oxygen atoms in total. The minimum Gasteiger partial charge on any atom is -0.371 e. The number of alkyl halides is 3. The molecule has 2 aromatic rings. The van der Waals surface area contributed by atoms with Gasteiger partial charge in [0.15, 0.2) is 0 Å². The molecule has 4 N–H and O–H groups in total. The zero-order valence-electron chi connectivity index (χ0n) is 15.7. The largest absolute Gasteiger partial charge is 0.416 e. The van der Waals surface area contributed by atoms with Crippen molar-refractivity contribution in [2.45, 2.75) is 51.0 Å². The molecule has 3 rings (SSSR count). The van der Waals surface area contributed by atoms with Gasteiger partial charge in [0.25, 0.3) is 5.56 Å². The summed E-state index contributed by atoms with van der Waals surface area (Å²) < 4.78 is 66.0. The lowest BCUT2D eigenvalue weighted by atomic mass is 9.99. The van der Waals surface area contributed by atoms with Gasteiger partial charge >= 0.3 is 11.9 Å².